The molecule has 100 valence electrons. The Morgan fingerprint density at radius 1 is 1.44 bits per heavy atom. The third-order valence-electron chi connectivity index (χ3n) is 2.51. The number of nitrogens with two attached hydrogens (primary N) is 1. The van der Waals surface area contributed by atoms with Gasteiger partial charge in [-0.25, -0.2) is 19.0 Å². The minimum Gasteiger partial charge on any atom is -0.290 e. The summed E-state index contributed by atoms with van der Waals surface area (Å²) >= 11 is 0. The Hall–Kier alpha value is -1.44. The van der Waals surface area contributed by atoms with Gasteiger partial charge in [-0.3, -0.25) is 10.2 Å². The van der Waals surface area contributed by atoms with Gasteiger partial charge < -0.3 is 0 Å². The fraction of sp³-hybridized carbons (Fsp3) is 0.364. The van der Waals surface area contributed by atoms with E-state index in [1.54, 1.807) is 6.92 Å². The molecule has 4 N–H and O–H groups in total. The minimum atomic E-state index is -3.61. The van der Waals surface area contributed by atoms with E-state index in [1.807, 2.05) is 12.3 Å². The van der Waals surface area contributed by atoms with Crippen molar-refractivity contribution >= 4 is 15.9 Å². The summed E-state index contributed by atoms with van der Waals surface area (Å²) < 4.78 is 26.5. The van der Waals surface area contributed by atoms with E-state index in [0.29, 0.717) is 6.42 Å². The topological polar surface area (TPSA) is 101 Å². The number of nitrogens with one attached hydrogen (secondary N) is 2. The Morgan fingerprint density at radius 2 is 2.11 bits per heavy atom. The maximum Gasteiger partial charge on any atom is 0.265 e. The van der Waals surface area contributed by atoms with E-state index in [0.717, 1.165) is 0 Å². The predicted octanol–water partition coefficient (Wildman–Crippen LogP) is 0.367. The second-order valence-corrected chi connectivity index (χ2v) is 5.65. The molecule has 0 saturated carbocycles. The van der Waals surface area contributed by atoms with Crippen LogP contribution in [0.2, 0.25) is 0 Å². The van der Waals surface area contributed by atoms with E-state index in [4.69, 9.17) is 5.84 Å². The molecule has 7 heteroatoms. The first kappa shape index (κ1) is 14.6. The number of hydrogen-bond donors (Lipinski definition) is 3. The van der Waals surface area contributed by atoms with Crippen LogP contribution in [0.25, 0.3) is 0 Å². The van der Waals surface area contributed by atoms with Crippen LogP contribution >= 0.6 is 0 Å². The van der Waals surface area contributed by atoms with E-state index < -0.39 is 15.9 Å². The Balaban J connectivity index is 3.06. The maximum absolute atomic E-state index is 12.0. The highest BCUT2D eigenvalue weighted by Crippen LogP contribution is 2.12. The van der Waals surface area contributed by atoms with Crippen LogP contribution in [-0.2, 0) is 10.0 Å². The van der Waals surface area contributed by atoms with E-state index in [-0.39, 0.29) is 16.5 Å². The molecule has 0 spiro atoms. The molecule has 0 saturated heterocycles. The number of carbonyl (C=O) groups excluding carboxylic acids is 1. The first-order valence-corrected chi connectivity index (χ1v) is 7.02. The lowest BCUT2D eigenvalue weighted by Crippen LogP contribution is -2.33. The van der Waals surface area contributed by atoms with Gasteiger partial charge in [0, 0.05) is 11.6 Å². The number of nitrogen functional groups attached to an aromatic ring is 1. The summed E-state index contributed by atoms with van der Waals surface area (Å²) in [6.45, 7) is 3.65. The van der Waals surface area contributed by atoms with Gasteiger partial charge in [0.2, 0.25) is 10.0 Å². The molecule has 1 atom stereocenters. The van der Waals surface area contributed by atoms with Crippen LogP contribution in [0.4, 0.5) is 0 Å². The van der Waals surface area contributed by atoms with E-state index in [9.17, 15) is 13.2 Å². The van der Waals surface area contributed by atoms with Gasteiger partial charge in [-0.15, -0.1) is 0 Å². The molecule has 0 aromatic heterocycles. The first-order chi connectivity index (χ1) is 8.40. The molecule has 0 fully saturated rings. The van der Waals surface area contributed by atoms with Crippen molar-refractivity contribution in [2.45, 2.75) is 31.2 Å². The summed E-state index contributed by atoms with van der Waals surface area (Å²) in [5.74, 6) is 4.47. The number of benzene rings is 1. The number of carbonyl (C=O) groups is 1. The number of hydrogen-bond acceptors (Lipinski definition) is 4. The second kappa shape index (κ2) is 5.94. The Kier molecular flexibility index (Phi) is 4.83. The van der Waals surface area contributed by atoms with Crippen LogP contribution in [-0.4, -0.2) is 20.4 Å². The highest BCUT2D eigenvalue weighted by molar-refractivity contribution is 7.89. The molecular weight excluding hydrogens is 254 g/mol. The molecule has 0 aliphatic rings. The number of rotatable bonds is 5. The summed E-state index contributed by atoms with van der Waals surface area (Å²) in [4.78, 5) is 11.4. The van der Waals surface area contributed by atoms with Gasteiger partial charge in [0.1, 0.15) is 0 Å². The molecule has 1 rings (SSSR count). The zero-order valence-corrected chi connectivity index (χ0v) is 11.1. The Labute approximate surface area is 107 Å². The van der Waals surface area contributed by atoms with Gasteiger partial charge in [0.05, 0.1) is 4.90 Å². The van der Waals surface area contributed by atoms with Crippen molar-refractivity contribution in [3.63, 3.8) is 0 Å². The number of hydrazine groups is 1. The quantitative estimate of drug-likeness (QED) is 0.409. The van der Waals surface area contributed by atoms with Gasteiger partial charge in [-0.2, -0.15) is 0 Å². The minimum absolute atomic E-state index is 0.0453. The molecule has 1 amide bonds. The lowest BCUT2D eigenvalue weighted by Gasteiger charge is -2.12. The van der Waals surface area contributed by atoms with Gasteiger partial charge in [-0.1, -0.05) is 13.0 Å². The smallest absolute Gasteiger partial charge is 0.265 e. The van der Waals surface area contributed by atoms with Crippen molar-refractivity contribution in [1.82, 2.24) is 10.1 Å². The van der Waals surface area contributed by atoms with Gasteiger partial charge in [0.15, 0.2) is 0 Å². The zero-order valence-electron chi connectivity index (χ0n) is 10.3. The van der Waals surface area contributed by atoms with Crippen molar-refractivity contribution in [1.29, 1.82) is 0 Å². The number of sulfonamides is 1. The third kappa shape index (κ3) is 3.52. The third-order valence-corrected chi connectivity index (χ3v) is 4.09. The molecule has 6 nitrogen and oxygen atoms in total. The van der Waals surface area contributed by atoms with Crippen molar-refractivity contribution in [2.75, 3.05) is 0 Å². The average Bonchev–Trinajstić information content (AvgIpc) is 2.37. The molecule has 0 heterocycles. The highest BCUT2D eigenvalue weighted by atomic mass is 32.2. The molecule has 0 aliphatic carbocycles. The summed E-state index contributed by atoms with van der Waals surface area (Å²) in [7, 11) is -3.61. The monoisotopic (exact) mass is 271 g/mol. The standard InChI is InChI=1S/C11H17N3O3S/c1-3-8(2)14-18(16,17)10-6-4-5-9(7-10)11(15)13-12/h4-8,14H,3,12H2,1-2H3,(H,13,15)/t8-/m1/s1. The van der Waals surface area contributed by atoms with Crippen LogP contribution in [0.1, 0.15) is 30.6 Å². The molecule has 1 aromatic rings. The van der Waals surface area contributed by atoms with Crippen LogP contribution in [0.5, 0.6) is 0 Å². The lowest BCUT2D eigenvalue weighted by molar-refractivity contribution is 0.0953. The van der Waals surface area contributed by atoms with Crippen LogP contribution in [0.15, 0.2) is 29.2 Å². The fourth-order valence-corrected chi connectivity index (χ4v) is 2.68. The van der Waals surface area contributed by atoms with Gasteiger partial charge in [0.25, 0.3) is 5.91 Å². The zero-order chi connectivity index (χ0) is 13.8. The van der Waals surface area contributed by atoms with Crippen molar-refractivity contribution < 1.29 is 13.2 Å². The highest BCUT2D eigenvalue weighted by Gasteiger charge is 2.17. The molecule has 0 aliphatic heterocycles. The van der Waals surface area contributed by atoms with Crippen LogP contribution < -0.4 is 16.0 Å². The largest absolute Gasteiger partial charge is 0.290 e. The summed E-state index contributed by atoms with van der Waals surface area (Å²) in [5, 5.41) is 0. The van der Waals surface area contributed by atoms with Gasteiger partial charge >= 0.3 is 0 Å². The first-order valence-electron chi connectivity index (χ1n) is 5.54. The van der Waals surface area contributed by atoms with E-state index in [2.05, 4.69) is 4.72 Å². The molecule has 0 bridgehead atoms. The molecule has 0 radical (unpaired) electrons. The maximum atomic E-state index is 12.0. The average molecular weight is 271 g/mol. The van der Waals surface area contributed by atoms with Crippen molar-refractivity contribution in [2.24, 2.45) is 5.84 Å². The lowest BCUT2D eigenvalue weighted by atomic mass is 10.2. The molecule has 0 unspecified atom stereocenters. The summed E-state index contributed by atoms with van der Waals surface area (Å²) in [5.41, 5.74) is 2.16. The fourth-order valence-electron chi connectivity index (χ4n) is 1.30. The molecule has 18 heavy (non-hydrogen) atoms. The predicted molar refractivity (Wildman–Crippen MR) is 68.2 cm³/mol. The van der Waals surface area contributed by atoms with Crippen molar-refractivity contribution in [3.05, 3.63) is 29.8 Å². The molecular formula is C11H17N3O3S. The van der Waals surface area contributed by atoms with Crippen LogP contribution in [0.3, 0.4) is 0 Å². The SMILES string of the molecule is CC[C@@H](C)NS(=O)(=O)c1cccc(C(=O)NN)c1. The van der Waals surface area contributed by atoms with Crippen molar-refractivity contribution in [3.8, 4) is 0 Å². The van der Waals surface area contributed by atoms with Gasteiger partial charge in [-0.05, 0) is 31.5 Å². The second-order valence-electron chi connectivity index (χ2n) is 3.93. The van der Waals surface area contributed by atoms with E-state index >= 15 is 0 Å². The summed E-state index contributed by atoms with van der Waals surface area (Å²) in [6, 6.07) is 5.53. The van der Waals surface area contributed by atoms with Crippen LogP contribution in [0, 0.1) is 0 Å². The summed E-state index contributed by atoms with van der Waals surface area (Å²) in [6.07, 6.45) is 0.683. The Morgan fingerprint density at radius 3 is 2.67 bits per heavy atom. The Bertz CT molecular complexity index is 528. The van der Waals surface area contributed by atoms with E-state index in [1.165, 1.54) is 24.3 Å². The normalized spacial score (nSPS) is 13.1. The molecule has 1 aromatic carbocycles. The number of amides is 1.